The molecule has 127 heavy (non-hydrogen) atoms. The van der Waals surface area contributed by atoms with E-state index in [1.54, 1.807) is 106 Å². The van der Waals surface area contributed by atoms with Gasteiger partial charge in [-0.05, 0) is 213 Å². The molecule has 8 heterocycles. The number of imide groups is 6. The minimum atomic E-state index is -0.813. The third-order valence-electron chi connectivity index (χ3n) is 20.0. The Bertz CT molecular complexity index is 5250. The molecule has 12 rings (SSSR count). The Kier molecular flexibility index (Phi) is 38.8. The molecule has 0 bridgehead atoms. The monoisotopic (exact) mass is 1780 g/mol. The highest BCUT2D eigenvalue weighted by Gasteiger charge is 2.43. The maximum absolute atomic E-state index is 12.5. The van der Waals surface area contributed by atoms with Gasteiger partial charge in [0.05, 0.1) is 19.6 Å². The third-order valence-corrected chi connectivity index (χ3v) is 21.3. The topological polar surface area (TPSA) is 348 Å². The fraction of sp³-hybridized carbons (Fsp3) is 0.277. The summed E-state index contributed by atoms with van der Waals surface area (Å²) in [4.78, 5) is 192. The minimum absolute atomic E-state index is 0.0268. The van der Waals surface area contributed by atoms with Crippen LogP contribution < -0.4 is 15.4 Å². The van der Waals surface area contributed by atoms with Crippen molar-refractivity contribution in [3.8, 4) is 5.75 Å². The van der Waals surface area contributed by atoms with Gasteiger partial charge in [0, 0.05) is 72.0 Å². The summed E-state index contributed by atoms with van der Waals surface area (Å²) >= 11 is 15.7. The zero-order chi connectivity index (χ0) is 93.1. The van der Waals surface area contributed by atoms with Crippen molar-refractivity contribution in [2.75, 3.05) is 73.6 Å². The number of carbonyl (C=O) groups is 15. The average molecular weight is 1780 g/mol. The highest BCUT2D eigenvalue weighted by Crippen LogP contribution is 2.28. The van der Waals surface area contributed by atoms with Crippen LogP contribution in [0.15, 0.2) is 237 Å². The number of allylic oxidation sites excluding steroid dienone is 13. The van der Waals surface area contributed by atoms with Gasteiger partial charge >= 0.3 is 18.1 Å². The molecule has 33 heteroatoms. The molecule has 1 saturated carbocycles. The third kappa shape index (κ3) is 26.0. The first kappa shape index (κ1) is 99.9. The number of amides is 18. The van der Waals surface area contributed by atoms with Gasteiger partial charge in [-0.25, -0.2) is 14.4 Å². The van der Waals surface area contributed by atoms with Crippen molar-refractivity contribution in [2.45, 2.75) is 94.4 Å². The zero-order valence-electron chi connectivity index (χ0n) is 72.7. The number of hydrogen-bond acceptors (Lipinski definition) is 21. The smallest absolute Gasteiger partial charge is 0.333 e. The largest absolute Gasteiger partial charge is 0.496 e. The standard InChI is InChI=1S/C18H20N2O3S.C18H20N2O2S.C17H18N2O2S.C15H16N2O4.C15H20N2O3.C11H8N2O4/c1-4-19-16(21)14(17(22)20(5-2)18(19)24)11-8-10-13-9-6-7-12-15(13)23-3;1-4-19-16(21)15(17(22)20(5-2)18(19)23)12-8-11-14-10-7-6-9-13(14)3;1-3-18-15(20)14(16(21)19(4-2)17(18)22)12-8-11-13-9-6-5-7-10-13;1-3-16-13(18)12(14(19)17(4-2)15(16)20)9-5-7-11-8-6-10-21-11;1-16-13(18)12(14(19)17(2)15(16)20)10-6-9-11-7-4-3-5-8-11;14-9-8(10(15)13-11(16)12-9)5-1-3-7-4-2-6-17-7/h6-12H,4-5H2,1-3H3;6-12H,4-5H2,1-3H3;5-12H,3-4H2,1-2H3;5-10H,3-4H2,1-2H3;6,9-11H,3-5,7-8H2,1-2H3;1-6H,(H2,12,13,14,15,16)/b10-8+;2*11-8+;7-5+;9-6+;3-1+. The number of furan rings is 2. The first-order chi connectivity index (χ1) is 60.9. The lowest BCUT2D eigenvalue weighted by molar-refractivity contribution is -0.137. The van der Waals surface area contributed by atoms with E-state index in [0.29, 0.717) is 56.7 Å². The number of barbiturate groups is 3. The molecule has 5 aromatic rings. The molecule has 2 aromatic heterocycles. The molecule has 6 saturated heterocycles. The fourth-order valence-corrected chi connectivity index (χ4v) is 14.3. The van der Waals surface area contributed by atoms with Crippen LogP contribution in [-0.4, -0.2) is 227 Å². The first-order valence-corrected chi connectivity index (χ1v) is 42.2. The van der Waals surface area contributed by atoms with Crippen LogP contribution in [0, 0.1) is 12.8 Å². The lowest BCUT2D eigenvalue weighted by atomic mass is 9.89. The number of likely N-dealkylation sites (N-methyl/N-ethyl adjacent to an activating group) is 10. The van der Waals surface area contributed by atoms with Crippen molar-refractivity contribution >= 4 is 171 Å². The number of benzene rings is 3. The molecular formula is C94H102N12O18S3. The van der Waals surface area contributed by atoms with E-state index >= 15 is 0 Å². The van der Waals surface area contributed by atoms with Crippen molar-refractivity contribution in [3.05, 3.63) is 262 Å². The van der Waals surface area contributed by atoms with Crippen LogP contribution in [0.2, 0.25) is 0 Å². The van der Waals surface area contributed by atoms with E-state index in [9.17, 15) is 71.9 Å². The molecule has 30 nitrogen and oxygen atoms in total. The number of ether oxygens (including phenoxy) is 1. The van der Waals surface area contributed by atoms with Gasteiger partial charge in [0.2, 0.25) is 0 Å². The molecule has 0 radical (unpaired) electrons. The number of rotatable bonds is 21. The Morgan fingerprint density at radius 2 is 0.693 bits per heavy atom. The Balaban J connectivity index is 0.000000209. The van der Waals surface area contributed by atoms with Gasteiger partial charge in [0.1, 0.15) is 50.7 Å². The van der Waals surface area contributed by atoms with Crippen LogP contribution in [0.4, 0.5) is 14.4 Å². The van der Waals surface area contributed by atoms with Gasteiger partial charge in [-0.3, -0.25) is 117 Å². The summed E-state index contributed by atoms with van der Waals surface area (Å²) in [7, 11) is 4.36. The highest BCUT2D eigenvalue weighted by molar-refractivity contribution is 7.80. The molecule has 0 atom stereocenters. The maximum Gasteiger partial charge on any atom is 0.333 e. The minimum Gasteiger partial charge on any atom is -0.496 e. The second kappa shape index (κ2) is 49.3. The Morgan fingerprint density at radius 1 is 0.362 bits per heavy atom. The van der Waals surface area contributed by atoms with Crippen LogP contribution in [0.1, 0.15) is 121 Å². The number of nitrogens with one attached hydrogen (secondary N) is 2. The number of nitrogens with zero attached hydrogens (tertiary/aromatic N) is 10. The van der Waals surface area contributed by atoms with E-state index in [1.807, 2.05) is 150 Å². The van der Waals surface area contributed by atoms with Crippen LogP contribution >= 0.6 is 36.7 Å². The number of hydrogen-bond donors (Lipinski definition) is 2. The summed E-state index contributed by atoms with van der Waals surface area (Å²) in [6, 6.07) is 30.1. The van der Waals surface area contributed by atoms with Gasteiger partial charge < -0.3 is 13.6 Å². The van der Waals surface area contributed by atoms with E-state index in [4.69, 9.17) is 50.2 Å². The predicted octanol–water partition coefficient (Wildman–Crippen LogP) is 12.9. The molecule has 0 unspecified atom stereocenters. The number of urea groups is 3. The quantitative estimate of drug-likeness (QED) is 0.0391. The second-order valence-corrected chi connectivity index (χ2v) is 29.0. The van der Waals surface area contributed by atoms with E-state index in [2.05, 4.69) is 6.08 Å². The lowest BCUT2D eigenvalue weighted by Crippen LogP contribution is -2.56. The summed E-state index contributed by atoms with van der Waals surface area (Å²) in [6.07, 6.45) is 38.8. The van der Waals surface area contributed by atoms with Crippen molar-refractivity contribution < 1.29 is 85.5 Å². The average Bonchev–Trinajstić information content (AvgIpc) is 1.03. The lowest BCUT2D eigenvalue weighted by Gasteiger charge is -2.35. The maximum atomic E-state index is 12.5. The molecule has 0 spiro atoms. The summed E-state index contributed by atoms with van der Waals surface area (Å²) in [6.45, 7) is 19.5. The number of thiocarbonyl (C=S) groups is 3. The summed E-state index contributed by atoms with van der Waals surface area (Å²) < 4.78 is 15.4. The molecule has 1 aliphatic carbocycles. The van der Waals surface area contributed by atoms with Crippen molar-refractivity contribution in [2.24, 2.45) is 5.92 Å². The molecule has 3 aromatic carbocycles. The first-order valence-electron chi connectivity index (χ1n) is 41.0. The Morgan fingerprint density at radius 3 is 1.07 bits per heavy atom. The molecule has 18 amide bonds. The second-order valence-electron chi connectivity index (χ2n) is 27.9. The van der Waals surface area contributed by atoms with Gasteiger partial charge in [0.25, 0.3) is 70.9 Å². The molecule has 6 aliphatic heterocycles. The molecule has 7 aliphatic rings. The number of aryl methyl sites for hydroxylation is 1. The van der Waals surface area contributed by atoms with E-state index < -0.39 is 53.5 Å². The predicted molar refractivity (Wildman–Crippen MR) is 492 cm³/mol. The van der Waals surface area contributed by atoms with Gasteiger partial charge in [-0.1, -0.05) is 153 Å². The van der Waals surface area contributed by atoms with Crippen LogP contribution in [-0.2, 0) is 57.5 Å². The van der Waals surface area contributed by atoms with Crippen molar-refractivity contribution in [1.29, 1.82) is 0 Å². The van der Waals surface area contributed by atoms with E-state index in [1.165, 1.54) is 119 Å². The summed E-state index contributed by atoms with van der Waals surface area (Å²) in [5, 5.41) is 4.76. The molecular weight excluding hydrogens is 1680 g/mol. The zero-order valence-corrected chi connectivity index (χ0v) is 75.1. The summed E-state index contributed by atoms with van der Waals surface area (Å²) in [5.74, 6) is -3.24. The van der Waals surface area contributed by atoms with Gasteiger partial charge in [-0.15, -0.1) is 0 Å². The van der Waals surface area contributed by atoms with Crippen LogP contribution in [0.3, 0.4) is 0 Å². The normalized spacial score (nSPS) is 16.9. The van der Waals surface area contributed by atoms with Gasteiger partial charge in [-0.2, -0.15) is 0 Å². The Hall–Kier alpha value is -14.2. The fourth-order valence-electron chi connectivity index (χ4n) is 13.0. The van der Waals surface area contributed by atoms with Crippen LogP contribution in [0.5, 0.6) is 5.75 Å². The number of methoxy groups -OCH3 is 1. The molecule has 2 N–H and O–H groups in total. The molecule has 664 valence electrons. The van der Waals surface area contributed by atoms with E-state index in [0.717, 1.165) is 47.6 Å². The SMILES string of the molecule is CCN1C(=O)C(=C/C=C/c2ccccc2)C(=O)N(CC)C1=S.CCN1C(=O)C(=C/C=C/c2ccccc2C)C(=O)N(CC)C1=S.CCN1C(=O)C(=C/C=C/c2ccccc2OC)C(=O)N(CC)C1=S.CCN1C(=O)C(=C/C=C/c2ccco2)C(=O)N(CC)C1=O.CN1C(=O)C(=C/C=C/C2CCCCC2)C(=O)N(C)C1=O.O=C1NC(=O)C(=C/C=C/c2ccco2)C(=O)N1. The van der Waals surface area contributed by atoms with Crippen molar-refractivity contribution in [1.82, 2.24) is 59.6 Å². The Labute approximate surface area is 753 Å². The van der Waals surface area contributed by atoms with E-state index in [-0.39, 0.29) is 97.3 Å². The highest BCUT2D eigenvalue weighted by atomic mass is 32.1. The molecule has 7 fully saturated rings. The number of para-hydroxylation sites is 1. The van der Waals surface area contributed by atoms with Crippen LogP contribution in [0.25, 0.3) is 30.4 Å². The summed E-state index contributed by atoms with van der Waals surface area (Å²) in [5.41, 5.74) is 4.34. The van der Waals surface area contributed by atoms with Crippen molar-refractivity contribution in [3.63, 3.8) is 0 Å². The van der Waals surface area contributed by atoms with Gasteiger partial charge in [0.15, 0.2) is 15.3 Å². The number of carbonyl (C=O) groups excluding carboxylic acids is 15.